The van der Waals surface area contributed by atoms with E-state index in [9.17, 15) is 14.9 Å². The lowest BCUT2D eigenvalue weighted by molar-refractivity contribution is -0.385. The number of carbonyl (C=O) groups is 1. The molecule has 6 nitrogen and oxygen atoms in total. The van der Waals surface area contributed by atoms with Crippen LogP contribution in [-0.4, -0.2) is 16.5 Å². The Labute approximate surface area is 146 Å². The van der Waals surface area contributed by atoms with Gasteiger partial charge in [0.05, 0.1) is 10.6 Å². The predicted octanol–water partition coefficient (Wildman–Crippen LogP) is 4.01. The molecule has 0 fully saturated rings. The number of carbonyl (C=O) groups excluding carboxylic acids is 1. The molecule has 1 N–H and O–H groups in total. The number of aryl methyl sites for hydroxylation is 2. The summed E-state index contributed by atoms with van der Waals surface area (Å²) in [5.74, 6) is -0.403. The molecule has 130 valence electrons. The van der Waals surface area contributed by atoms with Crippen molar-refractivity contribution < 1.29 is 9.72 Å². The second-order valence-corrected chi connectivity index (χ2v) is 5.84. The first-order chi connectivity index (χ1) is 11.9. The molecule has 0 aliphatic heterocycles. The highest BCUT2D eigenvalue weighted by Gasteiger charge is 2.13. The van der Waals surface area contributed by atoms with Gasteiger partial charge in [-0.2, -0.15) is 5.10 Å². The number of nitrogens with one attached hydrogen (secondary N) is 1. The first kappa shape index (κ1) is 18.3. The van der Waals surface area contributed by atoms with E-state index in [-0.39, 0.29) is 5.69 Å². The molecule has 0 radical (unpaired) electrons. The van der Waals surface area contributed by atoms with Gasteiger partial charge in [0, 0.05) is 17.2 Å². The second kappa shape index (κ2) is 8.19. The summed E-state index contributed by atoms with van der Waals surface area (Å²) in [4.78, 5) is 22.5. The number of benzene rings is 2. The van der Waals surface area contributed by atoms with Crippen LogP contribution in [0.15, 0.2) is 47.6 Å². The maximum Gasteiger partial charge on any atom is 0.272 e. The Kier molecular flexibility index (Phi) is 6.00. The number of nitrogens with zero attached hydrogens (tertiary/aromatic N) is 2. The molecule has 0 aromatic heterocycles. The fraction of sp³-hybridized carbons (Fsp3) is 0.263. The van der Waals surface area contributed by atoms with E-state index < -0.39 is 10.8 Å². The van der Waals surface area contributed by atoms with E-state index >= 15 is 0 Å². The van der Waals surface area contributed by atoms with Gasteiger partial charge in [-0.3, -0.25) is 14.9 Å². The Morgan fingerprint density at radius 3 is 2.36 bits per heavy atom. The average molecular weight is 339 g/mol. The molecule has 0 saturated heterocycles. The highest BCUT2D eigenvalue weighted by molar-refractivity contribution is 6.01. The third-order valence-electron chi connectivity index (χ3n) is 3.89. The minimum absolute atomic E-state index is 0.0107. The van der Waals surface area contributed by atoms with Gasteiger partial charge in [0.1, 0.15) is 0 Å². The number of hydrazone groups is 1. The molecule has 2 aromatic rings. The fourth-order valence-corrected chi connectivity index (χ4v) is 2.47. The van der Waals surface area contributed by atoms with Crippen molar-refractivity contribution in [1.29, 1.82) is 0 Å². The zero-order valence-electron chi connectivity index (χ0n) is 14.6. The van der Waals surface area contributed by atoms with Gasteiger partial charge in [-0.05, 0) is 43.5 Å². The number of hydrogen-bond donors (Lipinski definition) is 1. The topological polar surface area (TPSA) is 84.6 Å². The van der Waals surface area contributed by atoms with Gasteiger partial charge in [0.25, 0.3) is 11.6 Å². The van der Waals surface area contributed by atoms with Crippen LogP contribution in [0.25, 0.3) is 0 Å². The SMILES string of the molecule is CCCc1ccc(C(C)=NNC(=O)c2ccc([N+](=O)[O-])c(C)c2)cc1. The highest BCUT2D eigenvalue weighted by atomic mass is 16.6. The average Bonchev–Trinajstić information content (AvgIpc) is 2.59. The summed E-state index contributed by atoms with van der Waals surface area (Å²) in [6.07, 6.45) is 2.13. The number of amides is 1. The minimum Gasteiger partial charge on any atom is -0.267 e. The van der Waals surface area contributed by atoms with Gasteiger partial charge in [0.15, 0.2) is 0 Å². The van der Waals surface area contributed by atoms with Crippen LogP contribution in [0.1, 0.15) is 47.3 Å². The molecule has 0 unspecified atom stereocenters. The highest BCUT2D eigenvalue weighted by Crippen LogP contribution is 2.18. The van der Waals surface area contributed by atoms with Crippen molar-refractivity contribution in [1.82, 2.24) is 5.43 Å². The Morgan fingerprint density at radius 1 is 1.16 bits per heavy atom. The fourth-order valence-electron chi connectivity index (χ4n) is 2.47. The number of nitro groups is 1. The Balaban J connectivity index is 2.08. The van der Waals surface area contributed by atoms with E-state index in [1.807, 2.05) is 19.1 Å². The summed E-state index contributed by atoms with van der Waals surface area (Å²) >= 11 is 0. The van der Waals surface area contributed by atoms with Crippen molar-refractivity contribution in [2.45, 2.75) is 33.6 Å². The molecular formula is C19H21N3O3. The zero-order chi connectivity index (χ0) is 18.4. The zero-order valence-corrected chi connectivity index (χ0v) is 14.6. The van der Waals surface area contributed by atoms with Crippen molar-refractivity contribution >= 4 is 17.3 Å². The molecule has 1 amide bonds. The lowest BCUT2D eigenvalue weighted by Gasteiger charge is -2.05. The summed E-state index contributed by atoms with van der Waals surface area (Å²) in [6.45, 7) is 5.55. The smallest absolute Gasteiger partial charge is 0.267 e. The molecule has 2 aromatic carbocycles. The minimum atomic E-state index is -0.471. The lowest BCUT2D eigenvalue weighted by atomic mass is 10.1. The van der Waals surface area contributed by atoms with Gasteiger partial charge in [0.2, 0.25) is 0 Å². The van der Waals surface area contributed by atoms with Crippen LogP contribution in [-0.2, 0) is 6.42 Å². The maximum absolute atomic E-state index is 12.2. The van der Waals surface area contributed by atoms with E-state index in [1.165, 1.54) is 23.8 Å². The van der Waals surface area contributed by atoms with Crippen molar-refractivity contribution in [3.05, 3.63) is 74.8 Å². The van der Waals surface area contributed by atoms with Crippen LogP contribution in [0.5, 0.6) is 0 Å². The summed E-state index contributed by atoms with van der Waals surface area (Å²) < 4.78 is 0. The summed E-state index contributed by atoms with van der Waals surface area (Å²) in [5.41, 5.74) is 6.14. The quantitative estimate of drug-likeness (QED) is 0.490. The molecule has 2 rings (SSSR count). The van der Waals surface area contributed by atoms with Gasteiger partial charge >= 0.3 is 0 Å². The van der Waals surface area contributed by atoms with E-state index in [1.54, 1.807) is 6.92 Å². The Bertz CT molecular complexity index is 811. The molecular weight excluding hydrogens is 318 g/mol. The normalized spacial score (nSPS) is 11.2. The van der Waals surface area contributed by atoms with Crippen LogP contribution in [0.4, 0.5) is 5.69 Å². The van der Waals surface area contributed by atoms with Crippen LogP contribution in [0.3, 0.4) is 0 Å². The first-order valence-corrected chi connectivity index (χ1v) is 8.11. The molecule has 6 heteroatoms. The molecule has 0 atom stereocenters. The van der Waals surface area contributed by atoms with Crippen molar-refractivity contribution in [3.63, 3.8) is 0 Å². The lowest BCUT2D eigenvalue weighted by Crippen LogP contribution is -2.19. The second-order valence-electron chi connectivity index (χ2n) is 5.84. The summed E-state index contributed by atoms with van der Waals surface area (Å²) in [7, 11) is 0. The van der Waals surface area contributed by atoms with Gasteiger partial charge in [-0.1, -0.05) is 37.6 Å². The van der Waals surface area contributed by atoms with E-state index in [0.29, 0.717) is 16.8 Å². The molecule has 0 bridgehead atoms. The molecule has 0 saturated carbocycles. The summed E-state index contributed by atoms with van der Waals surface area (Å²) in [5, 5.41) is 14.9. The molecule has 0 aliphatic carbocycles. The van der Waals surface area contributed by atoms with Crippen LogP contribution in [0, 0.1) is 17.0 Å². The maximum atomic E-state index is 12.2. The van der Waals surface area contributed by atoms with E-state index in [4.69, 9.17) is 0 Å². The Morgan fingerprint density at radius 2 is 1.80 bits per heavy atom. The third-order valence-corrected chi connectivity index (χ3v) is 3.89. The monoisotopic (exact) mass is 339 g/mol. The number of nitro benzene ring substituents is 1. The first-order valence-electron chi connectivity index (χ1n) is 8.11. The van der Waals surface area contributed by atoms with Crippen molar-refractivity contribution in [2.24, 2.45) is 5.10 Å². The van der Waals surface area contributed by atoms with Gasteiger partial charge < -0.3 is 0 Å². The summed E-state index contributed by atoms with van der Waals surface area (Å²) in [6, 6.07) is 12.3. The number of hydrogen-bond acceptors (Lipinski definition) is 4. The largest absolute Gasteiger partial charge is 0.272 e. The van der Waals surface area contributed by atoms with Crippen LogP contribution in [0.2, 0.25) is 0 Å². The standard InChI is InChI=1S/C19H21N3O3/c1-4-5-15-6-8-16(9-7-15)14(3)20-21-19(23)17-10-11-18(22(24)25)13(2)12-17/h6-12H,4-5H2,1-3H3,(H,21,23). The predicted molar refractivity (Wildman–Crippen MR) is 97.9 cm³/mol. The molecule has 0 aliphatic rings. The van der Waals surface area contributed by atoms with Crippen molar-refractivity contribution in [2.75, 3.05) is 0 Å². The van der Waals surface area contributed by atoms with Crippen LogP contribution >= 0.6 is 0 Å². The Hall–Kier alpha value is -3.02. The van der Waals surface area contributed by atoms with Crippen molar-refractivity contribution in [3.8, 4) is 0 Å². The van der Waals surface area contributed by atoms with Gasteiger partial charge in [-0.25, -0.2) is 5.43 Å². The molecule has 0 spiro atoms. The van der Waals surface area contributed by atoms with Gasteiger partial charge in [-0.15, -0.1) is 0 Å². The molecule has 25 heavy (non-hydrogen) atoms. The number of rotatable bonds is 6. The van der Waals surface area contributed by atoms with E-state index in [2.05, 4.69) is 29.6 Å². The third kappa shape index (κ3) is 4.73. The molecule has 0 heterocycles. The van der Waals surface area contributed by atoms with Crippen LogP contribution < -0.4 is 5.43 Å². The van der Waals surface area contributed by atoms with E-state index in [0.717, 1.165) is 18.4 Å².